The number of aryl methyl sites for hydroxylation is 1. The van der Waals surface area contributed by atoms with Crippen LogP contribution in [0, 0.1) is 5.82 Å². The number of halogens is 2. The summed E-state index contributed by atoms with van der Waals surface area (Å²) in [6.07, 6.45) is 3.48. The van der Waals surface area contributed by atoms with E-state index in [0.717, 1.165) is 5.56 Å². The average Bonchev–Trinajstić information content (AvgIpc) is 3.14. The van der Waals surface area contributed by atoms with Crippen LogP contribution in [0.2, 0.25) is 0 Å². The summed E-state index contributed by atoms with van der Waals surface area (Å²) < 4.78 is 20.0. The highest BCUT2D eigenvalue weighted by molar-refractivity contribution is 5.85. The number of carbonyl (C=O) groups excluding carboxylic acids is 2. The summed E-state index contributed by atoms with van der Waals surface area (Å²) in [5.74, 6) is -0.110. The Morgan fingerprint density at radius 2 is 1.79 bits per heavy atom. The lowest BCUT2D eigenvalue weighted by Crippen LogP contribution is -2.53. The van der Waals surface area contributed by atoms with Gasteiger partial charge in [-0.3, -0.25) is 14.3 Å². The number of aromatic nitrogens is 2. The minimum absolute atomic E-state index is 0. The number of ether oxygens (including phenoxy) is 1. The number of carbonyl (C=O) groups is 2. The van der Waals surface area contributed by atoms with Gasteiger partial charge in [0.1, 0.15) is 17.6 Å². The zero-order valence-electron chi connectivity index (χ0n) is 16.4. The fraction of sp³-hybridized carbons (Fsp3) is 0.421. The van der Waals surface area contributed by atoms with Gasteiger partial charge in [-0.15, -0.1) is 12.4 Å². The topological polar surface area (TPSA) is 79.7 Å². The van der Waals surface area contributed by atoms with Gasteiger partial charge >= 0.3 is 0 Å². The molecule has 1 aromatic carbocycles. The van der Waals surface area contributed by atoms with Gasteiger partial charge in [0.15, 0.2) is 6.61 Å². The molecule has 2 heterocycles. The minimum atomic E-state index is -0.460. The Balaban J connectivity index is 0.00000300. The van der Waals surface area contributed by atoms with Gasteiger partial charge in [-0.05, 0) is 31.3 Å². The van der Waals surface area contributed by atoms with E-state index in [2.05, 4.69) is 10.4 Å². The Bertz CT molecular complexity index is 822. The lowest BCUT2D eigenvalue weighted by molar-refractivity contribution is -0.141. The highest BCUT2D eigenvalue weighted by Gasteiger charge is 2.29. The second-order valence-electron chi connectivity index (χ2n) is 6.62. The van der Waals surface area contributed by atoms with Gasteiger partial charge < -0.3 is 19.9 Å². The van der Waals surface area contributed by atoms with E-state index >= 15 is 0 Å². The first-order valence-corrected chi connectivity index (χ1v) is 9.08. The molecule has 29 heavy (non-hydrogen) atoms. The van der Waals surface area contributed by atoms with Gasteiger partial charge in [-0.25, -0.2) is 4.39 Å². The molecule has 0 aliphatic carbocycles. The quantitative estimate of drug-likeness (QED) is 0.746. The Labute approximate surface area is 175 Å². The van der Waals surface area contributed by atoms with Crippen molar-refractivity contribution in [1.82, 2.24) is 24.9 Å². The number of rotatable bonds is 6. The van der Waals surface area contributed by atoms with E-state index in [1.54, 1.807) is 34.8 Å². The summed E-state index contributed by atoms with van der Waals surface area (Å²) in [5, 5.41) is 7.15. The molecule has 0 radical (unpaired) electrons. The second kappa shape index (κ2) is 10.2. The number of piperazine rings is 1. The first-order valence-electron chi connectivity index (χ1n) is 9.08. The van der Waals surface area contributed by atoms with Crippen molar-refractivity contribution in [2.75, 3.05) is 39.8 Å². The second-order valence-corrected chi connectivity index (χ2v) is 6.62. The van der Waals surface area contributed by atoms with E-state index in [0.29, 0.717) is 31.9 Å². The molecule has 2 amide bonds. The number of hydrogen-bond acceptors (Lipinski definition) is 5. The molecule has 8 nitrogen and oxygen atoms in total. The molecule has 10 heteroatoms. The van der Waals surface area contributed by atoms with E-state index < -0.39 is 6.04 Å². The summed E-state index contributed by atoms with van der Waals surface area (Å²) in [7, 11) is 3.54. The smallest absolute Gasteiger partial charge is 0.260 e. The largest absolute Gasteiger partial charge is 0.484 e. The standard InChI is InChI=1S/C19H24FN5O3.ClH/c1-21-18(14-11-22-23(2)12-14)19(27)25-9-7-24(8-10-25)17(26)13-28-16-5-3-15(20)4-6-16;/h3-6,11-12,18,21H,7-10,13H2,1-2H3;1H. The van der Waals surface area contributed by atoms with Gasteiger partial charge in [-0.2, -0.15) is 5.10 Å². The maximum atomic E-state index is 12.9. The molecule has 158 valence electrons. The van der Waals surface area contributed by atoms with Gasteiger partial charge in [0.2, 0.25) is 5.91 Å². The molecule has 1 aromatic heterocycles. The number of benzene rings is 1. The third kappa shape index (κ3) is 5.68. The van der Waals surface area contributed by atoms with Crippen LogP contribution in [0.25, 0.3) is 0 Å². The van der Waals surface area contributed by atoms with Crippen LogP contribution >= 0.6 is 12.4 Å². The van der Waals surface area contributed by atoms with Crippen LogP contribution in [0.3, 0.4) is 0 Å². The Hall–Kier alpha value is -2.65. The van der Waals surface area contributed by atoms with Gasteiger partial charge in [0, 0.05) is 45.0 Å². The van der Waals surface area contributed by atoms with Crippen molar-refractivity contribution >= 4 is 24.2 Å². The predicted molar refractivity (Wildman–Crippen MR) is 107 cm³/mol. The molecule has 1 saturated heterocycles. The lowest BCUT2D eigenvalue weighted by Gasteiger charge is -2.36. The van der Waals surface area contributed by atoms with Crippen molar-refractivity contribution in [3.8, 4) is 5.75 Å². The maximum Gasteiger partial charge on any atom is 0.260 e. The Morgan fingerprint density at radius 3 is 2.34 bits per heavy atom. The monoisotopic (exact) mass is 425 g/mol. The molecular formula is C19H25ClFN5O3. The summed E-state index contributed by atoms with van der Waals surface area (Å²) >= 11 is 0. The van der Waals surface area contributed by atoms with Crippen LogP contribution in [0.1, 0.15) is 11.6 Å². The Kier molecular flexibility index (Phi) is 7.98. The van der Waals surface area contributed by atoms with E-state index in [1.807, 2.05) is 6.20 Å². The van der Waals surface area contributed by atoms with Crippen LogP contribution < -0.4 is 10.1 Å². The SMILES string of the molecule is CNC(C(=O)N1CCN(C(=O)COc2ccc(F)cc2)CC1)c1cnn(C)c1.Cl. The molecule has 3 rings (SSSR count). The lowest BCUT2D eigenvalue weighted by atomic mass is 10.1. The summed E-state index contributed by atoms with van der Waals surface area (Å²) in [4.78, 5) is 28.6. The van der Waals surface area contributed by atoms with Crippen LogP contribution in [-0.2, 0) is 16.6 Å². The van der Waals surface area contributed by atoms with Gasteiger partial charge in [-0.1, -0.05) is 0 Å². The number of nitrogens with one attached hydrogen (secondary N) is 1. The molecule has 0 spiro atoms. The van der Waals surface area contributed by atoms with Crippen molar-refractivity contribution in [3.05, 3.63) is 48.0 Å². The van der Waals surface area contributed by atoms with E-state index in [1.165, 1.54) is 24.3 Å². The number of amides is 2. The van der Waals surface area contributed by atoms with Gasteiger partial charge in [0.05, 0.1) is 6.20 Å². The molecule has 0 saturated carbocycles. The van der Waals surface area contributed by atoms with Crippen LogP contribution in [0.5, 0.6) is 5.75 Å². The molecule has 1 unspecified atom stereocenters. The molecule has 1 aliphatic rings. The molecule has 1 atom stereocenters. The third-order valence-corrected chi connectivity index (χ3v) is 4.71. The van der Waals surface area contributed by atoms with E-state index in [9.17, 15) is 14.0 Å². The third-order valence-electron chi connectivity index (χ3n) is 4.71. The Morgan fingerprint density at radius 1 is 1.17 bits per heavy atom. The van der Waals surface area contributed by atoms with Crippen LogP contribution in [-0.4, -0.2) is 71.2 Å². The minimum Gasteiger partial charge on any atom is -0.484 e. The summed E-state index contributed by atoms with van der Waals surface area (Å²) in [6, 6.07) is 5.07. The van der Waals surface area contributed by atoms with Crippen LogP contribution in [0.4, 0.5) is 4.39 Å². The first-order chi connectivity index (χ1) is 13.5. The van der Waals surface area contributed by atoms with Crippen LogP contribution in [0.15, 0.2) is 36.7 Å². The molecule has 1 fully saturated rings. The fourth-order valence-corrected chi connectivity index (χ4v) is 3.15. The molecule has 1 N–H and O–H groups in total. The zero-order chi connectivity index (χ0) is 20.1. The summed E-state index contributed by atoms with van der Waals surface area (Å²) in [5.41, 5.74) is 0.807. The summed E-state index contributed by atoms with van der Waals surface area (Å²) in [6.45, 7) is 1.69. The average molecular weight is 426 g/mol. The van der Waals surface area contributed by atoms with E-state index in [4.69, 9.17) is 4.74 Å². The van der Waals surface area contributed by atoms with Crippen molar-refractivity contribution in [2.24, 2.45) is 7.05 Å². The molecule has 1 aliphatic heterocycles. The number of likely N-dealkylation sites (N-methyl/N-ethyl adjacent to an activating group) is 1. The van der Waals surface area contributed by atoms with E-state index in [-0.39, 0.29) is 36.6 Å². The first kappa shape index (κ1) is 22.6. The number of hydrogen-bond donors (Lipinski definition) is 1. The normalized spacial score (nSPS) is 14.9. The van der Waals surface area contributed by atoms with Crippen molar-refractivity contribution in [3.63, 3.8) is 0 Å². The molecular weight excluding hydrogens is 401 g/mol. The van der Waals surface area contributed by atoms with Crippen molar-refractivity contribution < 1.29 is 18.7 Å². The predicted octanol–water partition coefficient (Wildman–Crippen LogP) is 0.991. The fourth-order valence-electron chi connectivity index (χ4n) is 3.15. The maximum absolute atomic E-state index is 12.9. The molecule has 2 aromatic rings. The number of nitrogens with zero attached hydrogens (tertiary/aromatic N) is 4. The molecule has 0 bridgehead atoms. The van der Waals surface area contributed by atoms with Gasteiger partial charge in [0.25, 0.3) is 5.91 Å². The van der Waals surface area contributed by atoms with Crippen molar-refractivity contribution in [2.45, 2.75) is 6.04 Å². The zero-order valence-corrected chi connectivity index (χ0v) is 17.2. The van der Waals surface area contributed by atoms with Crippen molar-refractivity contribution in [1.29, 1.82) is 0 Å². The highest BCUT2D eigenvalue weighted by Crippen LogP contribution is 2.16. The highest BCUT2D eigenvalue weighted by atomic mass is 35.5.